The van der Waals surface area contributed by atoms with Crippen LogP contribution in [0.15, 0.2) is 36.4 Å². The second-order valence-corrected chi connectivity index (χ2v) is 6.01. The van der Waals surface area contributed by atoms with E-state index in [1.54, 1.807) is 19.2 Å². The van der Waals surface area contributed by atoms with Crippen molar-refractivity contribution in [3.63, 3.8) is 0 Å². The first-order valence-corrected chi connectivity index (χ1v) is 8.79. The average Bonchev–Trinajstić information content (AvgIpc) is 3.23. The van der Waals surface area contributed by atoms with E-state index in [0.29, 0.717) is 35.2 Å². The molecule has 3 aromatic rings. The highest BCUT2D eigenvalue weighted by atomic mass is 16.6. The maximum Gasteiger partial charge on any atom is 0.270 e. The van der Waals surface area contributed by atoms with Crippen LogP contribution in [0.25, 0.3) is 11.4 Å². The lowest BCUT2D eigenvalue weighted by atomic mass is 10.1. The molecular weight excluding hydrogens is 378 g/mol. The number of hydrogen-bond donors (Lipinski definition) is 2. The summed E-state index contributed by atoms with van der Waals surface area (Å²) in [6, 6.07) is 8.95. The highest BCUT2D eigenvalue weighted by Gasteiger charge is 2.20. The average molecular weight is 399 g/mol. The van der Waals surface area contributed by atoms with E-state index in [4.69, 9.17) is 19.9 Å². The molecule has 0 saturated heterocycles. The lowest BCUT2D eigenvalue weighted by Crippen LogP contribution is -2.14. The summed E-state index contributed by atoms with van der Waals surface area (Å²) in [6.45, 7) is 2.36. The third-order valence-corrected chi connectivity index (χ3v) is 4.28. The fourth-order valence-electron chi connectivity index (χ4n) is 2.83. The van der Waals surface area contributed by atoms with E-state index < -0.39 is 11.0 Å². The van der Waals surface area contributed by atoms with Gasteiger partial charge in [-0.3, -0.25) is 15.2 Å². The molecule has 0 amide bonds. The van der Waals surface area contributed by atoms with Crippen LogP contribution in [0.4, 0.5) is 5.69 Å². The molecule has 2 aromatic carbocycles. The Hall–Kier alpha value is -3.66. The first kappa shape index (κ1) is 20.1. The van der Waals surface area contributed by atoms with Gasteiger partial charge in [0.15, 0.2) is 17.3 Å². The molecule has 0 saturated carbocycles. The van der Waals surface area contributed by atoms with Crippen LogP contribution in [0.1, 0.15) is 24.4 Å². The first-order chi connectivity index (χ1) is 14.0. The van der Waals surface area contributed by atoms with E-state index in [0.717, 1.165) is 5.56 Å². The standard InChI is InChI=1S/C19H21N5O5/c1-4-29-16-9-11(5-7-15(16)28-3)17(20)19-21-18(22-23-19)13-10-12(24(25)26)6-8-14(13)27-2/h5-10,17H,4,20H2,1-3H3,(H,21,22,23)/t17-/m0/s1. The van der Waals surface area contributed by atoms with Crippen molar-refractivity contribution in [2.24, 2.45) is 5.73 Å². The van der Waals surface area contributed by atoms with Crippen LogP contribution in [0.5, 0.6) is 17.2 Å². The fourth-order valence-corrected chi connectivity index (χ4v) is 2.83. The predicted molar refractivity (Wildman–Crippen MR) is 105 cm³/mol. The summed E-state index contributed by atoms with van der Waals surface area (Å²) in [5.74, 6) is 2.22. The number of benzene rings is 2. The zero-order valence-corrected chi connectivity index (χ0v) is 16.2. The molecule has 0 fully saturated rings. The van der Waals surface area contributed by atoms with E-state index in [1.807, 2.05) is 13.0 Å². The summed E-state index contributed by atoms with van der Waals surface area (Å²) >= 11 is 0. The van der Waals surface area contributed by atoms with Crippen molar-refractivity contribution < 1.29 is 19.1 Å². The number of aromatic nitrogens is 3. The van der Waals surface area contributed by atoms with E-state index in [2.05, 4.69) is 15.2 Å². The van der Waals surface area contributed by atoms with Crippen molar-refractivity contribution in [2.75, 3.05) is 20.8 Å². The molecule has 0 aliphatic heterocycles. The number of hydrogen-bond acceptors (Lipinski definition) is 8. The highest BCUT2D eigenvalue weighted by molar-refractivity contribution is 5.67. The van der Waals surface area contributed by atoms with Gasteiger partial charge in [0, 0.05) is 12.1 Å². The molecule has 1 aromatic heterocycles. The quantitative estimate of drug-likeness (QED) is 0.435. The number of nitro groups is 1. The number of methoxy groups -OCH3 is 2. The van der Waals surface area contributed by atoms with Crippen LogP contribution in [0.3, 0.4) is 0 Å². The van der Waals surface area contributed by atoms with Crippen LogP contribution >= 0.6 is 0 Å². The second kappa shape index (κ2) is 8.57. The van der Waals surface area contributed by atoms with E-state index in [9.17, 15) is 10.1 Å². The Morgan fingerprint density at radius 1 is 1.14 bits per heavy atom. The van der Waals surface area contributed by atoms with Gasteiger partial charge in [-0.05, 0) is 30.7 Å². The number of non-ortho nitro benzene ring substituents is 1. The zero-order chi connectivity index (χ0) is 21.0. The van der Waals surface area contributed by atoms with Crippen LogP contribution < -0.4 is 19.9 Å². The number of rotatable bonds is 8. The smallest absolute Gasteiger partial charge is 0.270 e. The Morgan fingerprint density at radius 2 is 1.86 bits per heavy atom. The maximum absolute atomic E-state index is 11.1. The van der Waals surface area contributed by atoms with Gasteiger partial charge in [0.05, 0.1) is 37.4 Å². The lowest BCUT2D eigenvalue weighted by molar-refractivity contribution is -0.384. The van der Waals surface area contributed by atoms with Crippen molar-refractivity contribution in [1.82, 2.24) is 15.2 Å². The minimum atomic E-state index is -0.619. The van der Waals surface area contributed by atoms with Gasteiger partial charge in [-0.25, -0.2) is 4.98 Å². The molecule has 0 radical (unpaired) electrons. The second-order valence-electron chi connectivity index (χ2n) is 6.01. The molecule has 0 unspecified atom stereocenters. The van der Waals surface area contributed by atoms with E-state index in [1.165, 1.54) is 25.3 Å². The number of nitro benzene ring substituents is 1. The molecule has 29 heavy (non-hydrogen) atoms. The molecule has 10 heteroatoms. The van der Waals surface area contributed by atoms with Gasteiger partial charge in [-0.1, -0.05) is 6.07 Å². The molecule has 0 aliphatic rings. The molecule has 0 bridgehead atoms. The number of nitrogens with two attached hydrogens (primary N) is 1. The normalized spacial score (nSPS) is 11.7. The number of H-pyrrole nitrogens is 1. The number of aromatic amines is 1. The van der Waals surface area contributed by atoms with Gasteiger partial charge in [-0.2, -0.15) is 5.10 Å². The lowest BCUT2D eigenvalue weighted by Gasteiger charge is -2.14. The van der Waals surface area contributed by atoms with Gasteiger partial charge in [0.25, 0.3) is 5.69 Å². The molecule has 1 heterocycles. The summed E-state index contributed by atoms with van der Waals surface area (Å²) in [7, 11) is 3.03. The van der Waals surface area contributed by atoms with Crippen LogP contribution in [0.2, 0.25) is 0 Å². The zero-order valence-electron chi connectivity index (χ0n) is 16.2. The van der Waals surface area contributed by atoms with Gasteiger partial charge in [0.1, 0.15) is 11.6 Å². The third kappa shape index (κ3) is 4.11. The number of nitrogens with one attached hydrogen (secondary N) is 1. The number of ether oxygens (including phenoxy) is 3. The maximum atomic E-state index is 11.1. The fraction of sp³-hybridized carbons (Fsp3) is 0.263. The summed E-state index contributed by atoms with van der Waals surface area (Å²) < 4.78 is 16.2. The predicted octanol–water partition coefficient (Wildman–Crippen LogP) is 2.84. The molecule has 3 N–H and O–H groups in total. The highest BCUT2D eigenvalue weighted by Crippen LogP contribution is 2.33. The van der Waals surface area contributed by atoms with Crippen molar-refractivity contribution in [1.29, 1.82) is 0 Å². The van der Waals surface area contributed by atoms with Gasteiger partial charge in [0.2, 0.25) is 0 Å². The molecular formula is C19H21N5O5. The minimum absolute atomic E-state index is 0.0899. The van der Waals surface area contributed by atoms with Crippen LogP contribution in [-0.2, 0) is 0 Å². The van der Waals surface area contributed by atoms with Crippen molar-refractivity contribution >= 4 is 5.69 Å². The van der Waals surface area contributed by atoms with E-state index >= 15 is 0 Å². The summed E-state index contributed by atoms with van der Waals surface area (Å²) in [4.78, 5) is 15.0. The minimum Gasteiger partial charge on any atom is -0.496 e. The summed E-state index contributed by atoms with van der Waals surface area (Å²) in [5, 5.41) is 18.1. The van der Waals surface area contributed by atoms with Crippen LogP contribution in [-0.4, -0.2) is 40.9 Å². The molecule has 0 aliphatic carbocycles. The Morgan fingerprint density at radius 3 is 2.52 bits per heavy atom. The molecule has 152 valence electrons. The van der Waals surface area contributed by atoms with Gasteiger partial charge < -0.3 is 19.9 Å². The van der Waals surface area contributed by atoms with Crippen molar-refractivity contribution in [3.8, 4) is 28.6 Å². The largest absolute Gasteiger partial charge is 0.496 e. The monoisotopic (exact) mass is 399 g/mol. The summed E-state index contributed by atoms with van der Waals surface area (Å²) in [6.07, 6.45) is 0. The summed E-state index contributed by atoms with van der Waals surface area (Å²) in [5.41, 5.74) is 7.38. The molecule has 0 spiro atoms. The Bertz CT molecular complexity index is 1020. The topological polar surface area (TPSA) is 138 Å². The molecule has 1 atom stereocenters. The molecule has 10 nitrogen and oxygen atoms in total. The van der Waals surface area contributed by atoms with Crippen molar-refractivity contribution in [2.45, 2.75) is 13.0 Å². The van der Waals surface area contributed by atoms with Crippen molar-refractivity contribution in [3.05, 3.63) is 57.9 Å². The Balaban J connectivity index is 1.95. The SMILES string of the molecule is CCOc1cc([C@H](N)c2nc(-c3cc([N+](=O)[O-])ccc3OC)n[nH]2)ccc1OC. The number of nitrogens with zero attached hydrogens (tertiary/aromatic N) is 3. The Kier molecular flexibility index (Phi) is 5.93. The molecule has 3 rings (SSSR count). The van der Waals surface area contributed by atoms with E-state index in [-0.39, 0.29) is 11.5 Å². The van der Waals surface area contributed by atoms with Crippen LogP contribution in [0, 0.1) is 10.1 Å². The van der Waals surface area contributed by atoms with Gasteiger partial charge in [-0.15, -0.1) is 0 Å². The van der Waals surface area contributed by atoms with Gasteiger partial charge >= 0.3 is 0 Å². The third-order valence-electron chi connectivity index (χ3n) is 4.28. The first-order valence-electron chi connectivity index (χ1n) is 8.79. The Labute approximate surface area is 166 Å².